The monoisotopic (exact) mass is 345 g/mol. The molecule has 1 aromatic rings. The van der Waals surface area contributed by atoms with Crippen LogP contribution in [-0.2, 0) is 10.0 Å². The third-order valence-corrected chi connectivity index (χ3v) is 5.64. The van der Waals surface area contributed by atoms with Crippen LogP contribution in [-0.4, -0.2) is 20.3 Å². The van der Waals surface area contributed by atoms with Crippen molar-refractivity contribution in [2.45, 2.75) is 23.1 Å². The molecule has 8 heteroatoms. The molecule has 1 aliphatic carbocycles. The summed E-state index contributed by atoms with van der Waals surface area (Å²) in [7, 11) is -3.90. The summed E-state index contributed by atoms with van der Waals surface area (Å²) in [5.74, 6) is -0.599. The summed E-state index contributed by atoms with van der Waals surface area (Å²) in [6, 6.07) is 2.31. The number of sulfonamides is 1. The highest BCUT2D eigenvalue weighted by Gasteiger charge is 2.31. The number of hydrogen-bond acceptors (Lipinski definition) is 2. The van der Waals surface area contributed by atoms with E-state index in [9.17, 15) is 12.8 Å². The van der Waals surface area contributed by atoms with Crippen LogP contribution in [0.4, 0.5) is 4.39 Å². The van der Waals surface area contributed by atoms with Gasteiger partial charge in [-0.15, -0.1) is 11.6 Å². The van der Waals surface area contributed by atoms with Crippen LogP contribution in [0.1, 0.15) is 12.8 Å². The Morgan fingerprint density at radius 2 is 2.00 bits per heavy atom. The lowest BCUT2D eigenvalue weighted by Crippen LogP contribution is -2.31. The van der Waals surface area contributed by atoms with Crippen molar-refractivity contribution in [3.05, 3.63) is 28.0 Å². The minimum Gasteiger partial charge on any atom is -0.210 e. The average Bonchev–Trinajstić information content (AvgIpc) is 3.17. The molecule has 0 spiro atoms. The molecule has 19 heavy (non-hydrogen) atoms. The summed E-state index contributed by atoms with van der Waals surface area (Å²) >= 11 is 17.2. The van der Waals surface area contributed by atoms with Crippen LogP contribution in [0.5, 0.6) is 0 Å². The molecular weight excluding hydrogens is 336 g/mol. The second-order valence-corrected chi connectivity index (χ2v) is 7.46. The fraction of sp³-hybridized carbons (Fsp3) is 0.455. The minimum absolute atomic E-state index is 0.0924. The van der Waals surface area contributed by atoms with E-state index in [1.807, 2.05) is 0 Å². The maximum atomic E-state index is 13.5. The molecule has 1 unspecified atom stereocenters. The van der Waals surface area contributed by atoms with Gasteiger partial charge in [0.25, 0.3) is 0 Å². The van der Waals surface area contributed by atoms with Gasteiger partial charge in [0, 0.05) is 11.9 Å². The molecule has 1 fully saturated rings. The number of halogens is 4. The molecular formula is C11H11Cl3FNO2S. The first kappa shape index (κ1) is 15.3. The fourth-order valence-corrected chi connectivity index (χ4v) is 3.83. The lowest BCUT2D eigenvalue weighted by Gasteiger charge is -2.12. The predicted molar refractivity (Wildman–Crippen MR) is 74.0 cm³/mol. The smallest absolute Gasteiger partial charge is 0.210 e. The van der Waals surface area contributed by atoms with Crippen molar-refractivity contribution in [1.29, 1.82) is 0 Å². The van der Waals surface area contributed by atoms with Crippen molar-refractivity contribution >= 4 is 44.8 Å². The molecule has 0 bridgehead atoms. The van der Waals surface area contributed by atoms with Gasteiger partial charge in [0.2, 0.25) is 10.0 Å². The van der Waals surface area contributed by atoms with Gasteiger partial charge in [-0.3, -0.25) is 0 Å². The van der Waals surface area contributed by atoms with Gasteiger partial charge in [-0.05, 0) is 30.9 Å². The summed E-state index contributed by atoms with van der Waals surface area (Å²) in [5, 5.41) is -1.000. The fourth-order valence-electron chi connectivity index (χ4n) is 1.61. The first-order valence-corrected chi connectivity index (χ1v) is 8.27. The summed E-state index contributed by atoms with van der Waals surface area (Å²) in [6.07, 6.45) is 2.01. The van der Waals surface area contributed by atoms with Crippen LogP contribution in [0.2, 0.25) is 10.0 Å². The SMILES string of the molecule is O=S(=O)(NCC(Cl)C1CC1)c1ccc(Cl)c(F)c1Cl. The Kier molecular flexibility index (Phi) is 4.63. The van der Waals surface area contributed by atoms with Gasteiger partial charge in [0.1, 0.15) is 4.90 Å². The zero-order chi connectivity index (χ0) is 14.2. The van der Waals surface area contributed by atoms with Gasteiger partial charge < -0.3 is 0 Å². The minimum atomic E-state index is -3.90. The Hall–Kier alpha value is -0.0700. The van der Waals surface area contributed by atoms with Crippen LogP contribution in [0, 0.1) is 11.7 Å². The average molecular weight is 347 g/mol. The normalized spacial score (nSPS) is 17.5. The largest absolute Gasteiger partial charge is 0.242 e. The van der Waals surface area contributed by atoms with Crippen molar-refractivity contribution in [2.75, 3.05) is 6.54 Å². The van der Waals surface area contributed by atoms with Gasteiger partial charge in [-0.2, -0.15) is 0 Å². The molecule has 1 atom stereocenters. The molecule has 1 saturated carbocycles. The molecule has 0 aromatic heterocycles. The van der Waals surface area contributed by atoms with E-state index in [0.29, 0.717) is 5.92 Å². The third-order valence-electron chi connectivity index (χ3n) is 2.89. The van der Waals surface area contributed by atoms with Crippen molar-refractivity contribution < 1.29 is 12.8 Å². The molecule has 0 heterocycles. The van der Waals surface area contributed by atoms with Crippen molar-refractivity contribution in [1.82, 2.24) is 4.72 Å². The lowest BCUT2D eigenvalue weighted by molar-refractivity contribution is 0.573. The molecule has 0 aliphatic heterocycles. The number of nitrogens with one attached hydrogen (secondary N) is 1. The van der Waals surface area contributed by atoms with E-state index in [1.165, 1.54) is 0 Å². The third kappa shape index (κ3) is 3.52. The summed E-state index contributed by atoms with van der Waals surface area (Å²) in [4.78, 5) is -0.337. The predicted octanol–water partition coefficient (Wildman–Crippen LogP) is 3.43. The zero-order valence-electron chi connectivity index (χ0n) is 9.67. The van der Waals surface area contributed by atoms with Gasteiger partial charge >= 0.3 is 0 Å². The summed E-state index contributed by atoms with van der Waals surface area (Å²) in [5.41, 5.74) is 0. The second kappa shape index (κ2) is 5.74. The van der Waals surface area contributed by atoms with E-state index in [4.69, 9.17) is 34.8 Å². The maximum absolute atomic E-state index is 13.5. The van der Waals surface area contributed by atoms with Crippen molar-refractivity contribution in [3.8, 4) is 0 Å². The van der Waals surface area contributed by atoms with E-state index in [1.54, 1.807) is 0 Å². The number of benzene rings is 1. The van der Waals surface area contributed by atoms with E-state index in [0.717, 1.165) is 25.0 Å². The van der Waals surface area contributed by atoms with Crippen LogP contribution < -0.4 is 4.72 Å². The highest BCUT2D eigenvalue weighted by atomic mass is 35.5. The Balaban J connectivity index is 2.17. The lowest BCUT2D eigenvalue weighted by atomic mass is 10.3. The topological polar surface area (TPSA) is 46.2 Å². The molecule has 1 aromatic carbocycles. The molecule has 106 valence electrons. The van der Waals surface area contributed by atoms with Gasteiger partial charge in [0.15, 0.2) is 5.82 Å². The zero-order valence-corrected chi connectivity index (χ0v) is 12.8. The standard InChI is InChI=1S/C11H11Cl3FNO2S/c12-7-3-4-9(10(14)11(7)15)19(17,18)16-5-8(13)6-1-2-6/h3-4,6,8,16H,1-2,5H2. The molecule has 1 N–H and O–H groups in total. The van der Waals surface area contributed by atoms with Gasteiger partial charge in [-0.1, -0.05) is 23.2 Å². The van der Waals surface area contributed by atoms with Crippen LogP contribution >= 0.6 is 34.8 Å². The molecule has 3 nitrogen and oxygen atoms in total. The number of alkyl halides is 1. The Bertz CT molecular complexity index is 590. The quantitative estimate of drug-likeness (QED) is 0.656. The molecule has 0 saturated heterocycles. The highest BCUT2D eigenvalue weighted by Crippen LogP contribution is 2.35. The maximum Gasteiger partial charge on any atom is 0.242 e. The first-order chi connectivity index (χ1) is 8.83. The highest BCUT2D eigenvalue weighted by molar-refractivity contribution is 7.89. The van der Waals surface area contributed by atoms with E-state index in [-0.39, 0.29) is 21.8 Å². The number of hydrogen-bond donors (Lipinski definition) is 1. The van der Waals surface area contributed by atoms with Crippen molar-refractivity contribution in [3.63, 3.8) is 0 Å². The Labute approximate surface area is 126 Å². The van der Waals surface area contributed by atoms with Crippen molar-refractivity contribution in [2.24, 2.45) is 5.92 Å². The number of rotatable bonds is 5. The summed E-state index contributed by atoms with van der Waals surface area (Å²) in [6.45, 7) is 0.0924. The van der Waals surface area contributed by atoms with E-state index < -0.39 is 20.9 Å². The van der Waals surface area contributed by atoms with Crippen LogP contribution in [0.3, 0.4) is 0 Å². The van der Waals surface area contributed by atoms with Gasteiger partial charge in [-0.25, -0.2) is 17.5 Å². The first-order valence-electron chi connectivity index (χ1n) is 5.60. The Morgan fingerprint density at radius 3 is 2.58 bits per heavy atom. The van der Waals surface area contributed by atoms with Crippen LogP contribution in [0.25, 0.3) is 0 Å². The Morgan fingerprint density at radius 1 is 1.37 bits per heavy atom. The second-order valence-electron chi connectivity index (χ2n) is 4.38. The summed E-state index contributed by atoms with van der Waals surface area (Å²) < 4.78 is 39.8. The van der Waals surface area contributed by atoms with Crippen LogP contribution in [0.15, 0.2) is 17.0 Å². The molecule has 2 rings (SSSR count). The molecule has 0 radical (unpaired) electrons. The molecule has 0 amide bonds. The van der Waals surface area contributed by atoms with E-state index >= 15 is 0 Å². The van der Waals surface area contributed by atoms with Gasteiger partial charge in [0.05, 0.1) is 10.0 Å². The van der Waals surface area contributed by atoms with E-state index in [2.05, 4.69) is 4.72 Å². The molecule has 1 aliphatic rings.